The van der Waals surface area contributed by atoms with Gasteiger partial charge in [-0.05, 0) is 31.8 Å². The van der Waals surface area contributed by atoms with Crippen molar-refractivity contribution in [1.82, 2.24) is 9.88 Å². The third kappa shape index (κ3) is 2.85. The molecule has 1 aromatic heterocycles. The summed E-state index contributed by atoms with van der Waals surface area (Å²) in [6.07, 6.45) is 0. The molecule has 0 spiro atoms. The molecule has 17 heavy (non-hydrogen) atoms. The topological polar surface area (TPSA) is 16.1 Å². The zero-order chi connectivity index (χ0) is 12.6. The molecular formula is C14H20N2S. The molecule has 0 aliphatic carbocycles. The van der Waals surface area contributed by atoms with Gasteiger partial charge in [0.05, 0.1) is 15.2 Å². The van der Waals surface area contributed by atoms with E-state index in [2.05, 4.69) is 58.0 Å². The second-order valence-corrected chi connectivity index (χ2v) is 6.84. The van der Waals surface area contributed by atoms with Gasteiger partial charge in [0.25, 0.3) is 0 Å². The van der Waals surface area contributed by atoms with Crippen molar-refractivity contribution in [3.05, 3.63) is 28.8 Å². The molecule has 0 saturated carbocycles. The molecule has 0 bridgehead atoms. The van der Waals surface area contributed by atoms with Crippen LogP contribution in [0, 0.1) is 0 Å². The van der Waals surface area contributed by atoms with Gasteiger partial charge < -0.3 is 4.90 Å². The van der Waals surface area contributed by atoms with E-state index in [1.54, 1.807) is 0 Å². The molecule has 0 fully saturated rings. The molecule has 0 aliphatic heterocycles. The summed E-state index contributed by atoms with van der Waals surface area (Å²) in [6, 6.07) is 6.58. The highest BCUT2D eigenvalue weighted by Crippen LogP contribution is 2.31. The highest BCUT2D eigenvalue weighted by atomic mass is 32.1. The fourth-order valence-corrected chi connectivity index (χ4v) is 2.84. The Balaban J connectivity index is 2.41. The molecule has 0 atom stereocenters. The molecule has 2 aromatic rings. The van der Waals surface area contributed by atoms with Gasteiger partial charge in [-0.3, -0.25) is 0 Å². The zero-order valence-electron chi connectivity index (χ0n) is 11.2. The predicted molar refractivity (Wildman–Crippen MR) is 75.7 cm³/mol. The molecule has 3 heteroatoms. The lowest BCUT2D eigenvalue weighted by atomic mass is 9.98. The van der Waals surface area contributed by atoms with E-state index in [0.717, 1.165) is 12.1 Å². The van der Waals surface area contributed by atoms with E-state index in [1.165, 1.54) is 15.3 Å². The second kappa shape index (κ2) is 4.39. The summed E-state index contributed by atoms with van der Waals surface area (Å²) in [7, 11) is 4.19. The summed E-state index contributed by atoms with van der Waals surface area (Å²) in [6.45, 7) is 7.63. The molecule has 92 valence electrons. The fraction of sp³-hybridized carbons (Fsp3) is 0.500. The van der Waals surface area contributed by atoms with Crippen molar-refractivity contribution in [2.24, 2.45) is 0 Å². The Morgan fingerprint density at radius 1 is 1.24 bits per heavy atom. The summed E-state index contributed by atoms with van der Waals surface area (Å²) in [5.41, 5.74) is 2.62. The maximum Gasteiger partial charge on any atom is 0.0992 e. The average molecular weight is 248 g/mol. The zero-order valence-corrected chi connectivity index (χ0v) is 12.1. The molecular weight excluding hydrogens is 228 g/mol. The van der Waals surface area contributed by atoms with Crippen molar-refractivity contribution in [3.63, 3.8) is 0 Å². The summed E-state index contributed by atoms with van der Waals surface area (Å²) in [4.78, 5) is 6.90. The van der Waals surface area contributed by atoms with E-state index >= 15 is 0 Å². The fourth-order valence-electron chi connectivity index (χ4n) is 1.75. The number of fused-ring (bicyclic) bond motifs is 1. The quantitative estimate of drug-likeness (QED) is 0.806. The SMILES string of the molecule is CN(C)Cc1ccc2nc(C(C)(C)C)sc2c1. The van der Waals surface area contributed by atoms with E-state index in [4.69, 9.17) is 4.98 Å². The molecule has 0 N–H and O–H groups in total. The molecule has 0 unspecified atom stereocenters. The largest absolute Gasteiger partial charge is 0.305 e. The van der Waals surface area contributed by atoms with Crippen molar-refractivity contribution >= 4 is 21.6 Å². The highest BCUT2D eigenvalue weighted by molar-refractivity contribution is 7.18. The normalized spacial score (nSPS) is 12.6. The smallest absolute Gasteiger partial charge is 0.0992 e. The van der Waals surface area contributed by atoms with Crippen LogP contribution in [-0.2, 0) is 12.0 Å². The van der Waals surface area contributed by atoms with Crippen molar-refractivity contribution in [2.45, 2.75) is 32.7 Å². The number of hydrogen-bond acceptors (Lipinski definition) is 3. The molecule has 1 heterocycles. The first kappa shape index (κ1) is 12.5. The predicted octanol–water partition coefficient (Wildman–Crippen LogP) is 3.66. The Morgan fingerprint density at radius 2 is 1.94 bits per heavy atom. The van der Waals surface area contributed by atoms with Crippen molar-refractivity contribution in [1.29, 1.82) is 0 Å². The average Bonchev–Trinajstić information content (AvgIpc) is 2.58. The molecule has 2 rings (SSSR count). The number of nitrogens with zero attached hydrogens (tertiary/aromatic N) is 2. The number of hydrogen-bond donors (Lipinski definition) is 0. The monoisotopic (exact) mass is 248 g/mol. The Kier molecular flexibility index (Phi) is 3.23. The van der Waals surface area contributed by atoms with Crippen molar-refractivity contribution in [2.75, 3.05) is 14.1 Å². The Bertz CT molecular complexity index is 520. The van der Waals surface area contributed by atoms with Gasteiger partial charge in [-0.15, -0.1) is 11.3 Å². The van der Waals surface area contributed by atoms with Crippen molar-refractivity contribution < 1.29 is 0 Å². The van der Waals surface area contributed by atoms with Gasteiger partial charge in [0.2, 0.25) is 0 Å². The van der Waals surface area contributed by atoms with Gasteiger partial charge in [0.15, 0.2) is 0 Å². The first-order chi connectivity index (χ1) is 7.86. The molecule has 2 nitrogen and oxygen atoms in total. The minimum atomic E-state index is 0.144. The number of aromatic nitrogens is 1. The lowest BCUT2D eigenvalue weighted by Gasteiger charge is -2.13. The van der Waals surface area contributed by atoms with Crippen LogP contribution >= 0.6 is 11.3 Å². The van der Waals surface area contributed by atoms with Crippen LogP contribution in [0.1, 0.15) is 31.3 Å². The lowest BCUT2D eigenvalue weighted by molar-refractivity contribution is 0.403. The van der Waals surface area contributed by atoms with Crippen LogP contribution in [0.4, 0.5) is 0 Å². The van der Waals surface area contributed by atoms with E-state index in [-0.39, 0.29) is 5.41 Å². The molecule has 0 amide bonds. The first-order valence-electron chi connectivity index (χ1n) is 5.91. The molecule has 0 radical (unpaired) electrons. The summed E-state index contributed by atoms with van der Waals surface area (Å²) >= 11 is 1.82. The van der Waals surface area contributed by atoms with E-state index in [0.29, 0.717) is 0 Å². The maximum atomic E-state index is 4.71. The maximum absolute atomic E-state index is 4.71. The minimum Gasteiger partial charge on any atom is -0.305 e. The minimum absolute atomic E-state index is 0.144. The van der Waals surface area contributed by atoms with Crippen LogP contribution in [0.5, 0.6) is 0 Å². The van der Waals surface area contributed by atoms with Gasteiger partial charge >= 0.3 is 0 Å². The Morgan fingerprint density at radius 3 is 2.53 bits per heavy atom. The van der Waals surface area contributed by atoms with Gasteiger partial charge in [0, 0.05) is 12.0 Å². The van der Waals surface area contributed by atoms with E-state index < -0.39 is 0 Å². The third-order valence-corrected chi connectivity index (χ3v) is 4.04. The van der Waals surface area contributed by atoms with Crippen LogP contribution in [-0.4, -0.2) is 24.0 Å². The molecule has 0 aliphatic rings. The van der Waals surface area contributed by atoms with E-state index in [9.17, 15) is 0 Å². The third-order valence-electron chi connectivity index (χ3n) is 2.59. The standard InChI is InChI=1S/C14H20N2S/c1-14(2,3)13-15-11-7-6-10(9-16(4)5)8-12(11)17-13/h6-8H,9H2,1-5H3. The number of thiazole rings is 1. The summed E-state index contributed by atoms with van der Waals surface area (Å²) < 4.78 is 1.30. The number of benzene rings is 1. The van der Waals surface area contributed by atoms with Gasteiger partial charge in [0.1, 0.15) is 0 Å². The van der Waals surface area contributed by atoms with Crippen molar-refractivity contribution in [3.8, 4) is 0 Å². The highest BCUT2D eigenvalue weighted by Gasteiger charge is 2.18. The summed E-state index contributed by atoms with van der Waals surface area (Å²) in [5.74, 6) is 0. The first-order valence-corrected chi connectivity index (χ1v) is 6.72. The lowest BCUT2D eigenvalue weighted by Crippen LogP contribution is -2.10. The molecule has 0 saturated heterocycles. The van der Waals surface area contributed by atoms with E-state index in [1.807, 2.05) is 11.3 Å². The molecule has 1 aromatic carbocycles. The van der Waals surface area contributed by atoms with Crippen LogP contribution in [0.15, 0.2) is 18.2 Å². The van der Waals surface area contributed by atoms with Crippen LogP contribution in [0.25, 0.3) is 10.2 Å². The van der Waals surface area contributed by atoms with Gasteiger partial charge in [-0.25, -0.2) is 4.98 Å². The number of rotatable bonds is 2. The Hall–Kier alpha value is -0.930. The van der Waals surface area contributed by atoms with Crippen LogP contribution in [0.2, 0.25) is 0 Å². The Labute approximate surface area is 107 Å². The van der Waals surface area contributed by atoms with Crippen LogP contribution < -0.4 is 0 Å². The second-order valence-electron chi connectivity index (χ2n) is 5.81. The van der Waals surface area contributed by atoms with Gasteiger partial charge in [-0.1, -0.05) is 26.8 Å². The van der Waals surface area contributed by atoms with Gasteiger partial charge in [-0.2, -0.15) is 0 Å². The van der Waals surface area contributed by atoms with Crippen LogP contribution in [0.3, 0.4) is 0 Å². The summed E-state index contributed by atoms with van der Waals surface area (Å²) in [5, 5.41) is 1.22.